The molecule has 0 spiro atoms. The molecule has 0 fully saturated rings. The number of alkyl halides is 2. The Kier molecular flexibility index (Phi) is 6.35. The monoisotopic (exact) mass is 377 g/mol. The minimum Gasteiger partial charge on any atom is -0.480 e. The fourth-order valence-corrected chi connectivity index (χ4v) is 2.01. The molecule has 1 aromatic rings. The lowest BCUT2D eigenvalue weighted by molar-refractivity contribution is -0.139. The van der Waals surface area contributed by atoms with E-state index in [1.54, 1.807) is 30.3 Å². The van der Waals surface area contributed by atoms with Crippen LogP contribution >= 0.6 is 31.9 Å². The number of carboxylic acids is 1. The number of carboxylic acid groups (broad SMARTS) is 1. The average molecular weight is 379 g/mol. The molecule has 0 saturated heterocycles. The molecule has 6 heteroatoms. The zero-order valence-corrected chi connectivity index (χ0v) is 12.6. The molecule has 0 radical (unpaired) electrons. The SMILES string of the molecule is O=C(NC(CC(Br)CBr)C(=O)O)c1ccccc1. The summed E-state index contributed by atoms with van der Waals surface area (Å²) in [5, 5.41) is 12.2. The molecule has 18 heavy (non-hydrogen) atoms. The fraction of sp³-hybridized carbons (Fsp3) is 0.333. The molecular weight excluding hydrogens is 366 g/mol. The van der Waals surface area contributed by atoms with Gasteiger partial charge in [-0.2, -0.15) is 0 Å². The Morgan fingerprint density at radius 3 is 2.39 bits per heavy atom. The summed E-state index contributed by atoms with van der Waals surface area (Å²) in [6.45, 7) is 0. The lowest BCUT2D eigenvalue weighted by Gasteiger charge is -2.16. The largest absolute Gasteiger partial charge is 0.480 e. The number of halogens is 2. The van der Waals surface area contributed by atoms with Gasteiger partial charge in [-0.05, 0) is 18.6 Å². The van der Waals surface area contributed by atoms with E-state index in [4.69, 9.17) is 5.11 Å². The number of nitrogens with one attached hydrogen (secondary N) is 1. The van der Waals surface area contributed by atoms with Crippen LogP contribution in [0, 0.1) is 0 Å². The van der Waals surface area contributed by atoms with Crippen molar-refractivity contribution in [2.75, 3.05) is 5.33 Å². The first-order valence-electron chi connectivity index (χ1n) is 5.33. The number of hydrogen-bond donors (Lipinski definition) is 2. The average Bonchev–Trinajstić information content (AvgIpc) is 2.38. The van der Waals surface area contributed by atoms with Gasteiger partial charge in [-0.1, -0.05) is 50.1 Å². The summed E-state index contributed by atoms with van der Waals surface area (Å²) in [6.07, 6.45) is 0.319. The van der Waals surface area contributed by atoms with E-state index < -0.39 is 12.0 Å². The predicted octanol–water partition coefficient (Wildman–Crippen LogP) is 2.42. The Bertz CT molecular complexity index is 411. The Balaban J connectivity index is 2.67. The van der Waals surface area contributed by atoms with Crippen molar-refractivity contribution in [2.45, 2.75) is 17.3 Å². The maximum absolute atomic E-state index is 11.8. The van der Waals surface area contributed by atoms with Gasteiger partial charge in [0.15, 0.2) is 0 Å². The van der Waals surface area contributed by atoms with Gasteiger partial charge in [0.1, 0.15) is 6.04 Å². The number of aliphatic carboxylic acids is 1. The van der Waals surface area contributed by atoms with E-state index >= 15 is 0 Å². The van der Waals surface area contributed by atoms with Gasteiger partial charge in [0.2, 0.25) is 0 Å². The van der Waals surface area contributed by atoms with E-state index in [-0.39, 0.29) is 10.7 Å². The smallest absolute Gasteiger partial charge is 0.326 e. The van der Waals surface area contributed by atoms with Crippen molar-refractivity contribution < 1.29 is 14.7 Å². The molecule has 1 aromatic carbocycles. The van der Waals surface area contributed by atoms with Crippen LogP contribution in [0.4, 0.5) is 0 Å². The Hall–Kier alpha value is -0.880. The van der Waals surface area contributed by atoms with Crippen LogP contribution in [-0.2, 0) is 4.79 Å². The zero-order chi connectivity index (χ0) is 13.5. The fourth-order valence-electron chi connectivity index (χ4n) is 1.37. The molecule has 0 aromatic heterocycles. The third-order valence-electron chi connectivity index (χ3n) is 2.30. The minimum atomic E-state index is -1.04. The van der Waals surface area contributed by atoms with Crippen molar-refractivity contribution >= 4 is 43.7 Å². The van der Waals surface area contributed by atoms with Gasteiger partial charge in [-0.15, -0.1) is 0 Å². The van der Waals surface area contributed by atoms with Crippen molar-refractivity contribution in [1.82, 2.24) is 5.32 Å². The molecule has 0 saturated carbocycles. The number of carbonyl (C=O) groups is 2. The normalized spacial score (nSPS) is 13.7. The quantitative estimate of drug-likeness (QED) is 0.747. The molecule has 0 aliphatic heterocycles. The highest BCUT2D eigenvalue weighted by Crippen LogP contribution is 2.12. The molecule has 0 aliphatic carbocycles. The third-order valence-corrected chi connectivity index (χ3v) is 4.65. The van der Waals surface area contributed by atoms with Crippen molar-refractivity contribution in [1.29, 1.82) is 0 Å². The second-order valence-electron chi connectivity index (χ2n) is 3.72. The maximum atomic E-state index is 11.8. The summed E-state index contributed by atoms with van der Waals surface area (Å²) in [6, 6.07) is 7.64. The summed E-state index contributed by atoms with van der Waals surface area (Å²) >= 11 is 6.58. The van der Waals surface area contributed by atoms with Crippen LogP contribution in [0.15, 0.2) is 30.3 Å². The number of hydrogen-bond acceptors (Lipinski definition) is 2. The molecule has 98 valence electrons. The lowest BCUT2D eigenvalue weighted by Crippen LogP contribution is -2.42. The van der Waals surface area contributed by atoms with E-state index in [2.05, 4.69) is 37.2 Å². The molecule has 4 nitrogen and oxygen atoms in total. The standard InChI is InChI=1S/C12H13Br2NO3/c13-7-9(14)6-10(12(17)18)15-11(16)8-4-2-1-3-5-8/h1-5,9-10H,6-7H2,(H,15,16)(H,17,18). The van der Waals surface area contributed by atoms with Gasteiger partial charge < -0.3 is 10.4 Å². The van der Waals surface area contributed by atoms with E-state index in [0.29, 0.717) is 17.3 Å². The molecule has 0 heterocycles. The predicted molar refractivity (Wildman–Crippen MR) is 76.5 cm³/mol. The number of benzene rings is 1. The summed E-state index contributed by atoms with van der Waals surface area (Å²) in [5.74, 6) is -1.41. The maximum Gasteiger partial charge on any atom is 0.326 e. The summed E-state index contributed by atoms with van der Waals surface area (Å²) in [7, 11) is 0. The van der Waals surface area contributed by atoms with E-state index in [0.717, 1.165) is 0 Å². The van der Waals surface area contributed by atoms with Crippen molar-refractivity contribution in [3.63, 3.8) is 0 Å². The van der Waals surface area contributed by atoms with Gasteiger partial charge in [0.05, 0.1) is 0 Å². The summed E-state index contributed by atoms with van der Waals surface area (Å²) in [4.78, 5) is 22.9. The molecule has 2 unspecified atom stereocenters. The number of rotatable bonds is 6. The van der Waals surface area contributed by atoms with Gasteiger partial charge in [-0.25, -0.2) is 4.79 Å². The molecule has 2 atom stereocenters. The van der Waals surface area contributed by atoms with Crippen LogP contribution in [-0.4, -0.2) is 33.2 Å². The van der Waals surface area contributed by atoms with E-state index in [1.165, 1.54) is 0 Å². The van der Waals surface area contributed by atoms with E-state index in [1.807, 2.05) is 0 Å². The molecule has 1 rings (SSSR count). The first-order valence-corrected chi connectivity index (χ1v) is 7.37. The van der Waals surface area contributed by atoms with Crippen LogP contribution in [0.25, 0.3) is 0 Å². The molecule has 0 aliphatic rings. The highest BCUT2D eigenvalue weighted by Gasteiger charge is 2.23. The zero-order valence-electron chi connectivity index (χ0n) is 9.48. The Morgan fingerprint density at radius 1 is 1.28 bits per heavy atom. The molecular formula is C12H13Br2NO3. The van der Waals surface area contributed by atoms with Crippen molar-refractivity contribution in [2.24, 2.45) is 0 Å². The number of carbonyl (C=O) groups excluding carboxylic acids is 1. The molecule has 0 bridgehead atoms. The Morgan fingerprint density at radius 2 is 1.89 bits per heavy atom. The highest BCUT2D eigenvalue weighted by atomic mass is 79.9. The van der Waals surface area contributed by atoms with Gasteiger partial charge in [0, 0.05) is 15.7 Å². The van der Waals surface area contributed by atoms with Gasteiger partial charge in [-0.3, -0.25) is 4.79 Å². The number of amides is 1. The van der Waals surface area contributed by atoms with Crippen LogP contribution in [0.3, 0.4) is 0 Å². The minimum absolute atomic E-state index is 0.00493. The van der Waals surface area contributed by atoms with Crippen LogP contribution in [0.1, 0.15) is 16.8 Å². The summed E-state index contributed by atoms with van der Waals surface area (Å²) < 4.78 is 0. The van der Waals surface area contributed by atoms with Crippen molar-refractivity contribution in [3.8, 4) is 0 Å². The van der Waals surface area contributed by atoms with Gasteiger partial charge in [0.25, 0.3) is 5.91 Å². The van der Waals surface area contributed by atoms with Crippen LogP contribution in [0.5, 0.6) is 0 Å². The second-order valence-corrected chi connectivity index (χ2v) is 5.66. The van der Waals surface area contributed by atoms with E-state index in [9.17, 15) is 9.59 Å². The molecule has 1 amide bonds. The summed E-state index contributed by atoms with van der Waals surface area (Å²) in [5.41, 5.74) is 0.453. The third kappa shape index (κ3) is 4.78. The first-order chi connectivity index (χ1) is 8.54. The lowest BCUT2D eigenvalue weighted by atomic mass is 10.1. The van der Waals surface area contributed by atoms with Crippen molar-refractivity contribution in [3.05, 3.63) is 35.9 Å². The first kappa shape index (κ1) is 15.2. The topological polar surface area (TPSA) is 66.4 Å². The highest BCUT2D eigenvalue weighted by molar-refractivity contribution is 9.12. The van der Waals surface area contributed by atoms with Crippen LogP contribution in [0.2, 0.25) is 0 Å². The Labute approximate surface area is 122 Å². The second kappa shape index (κ2) is 7.53. The van der Waals surface area contributed by atoms with Gasteiger partial charge >= 0.3 is 5.97 Å². The molecule has 2 N–H and O–H groups in total. The van der Waals surface area contributed by atoms with Crippen LogP contribution < -0.4 is 5.32 Å².